The summed E-state index contributed by atoms with van der Waals surface area (Å²) in [5.41, 5.74) is 9.07. The van der Waals surface area contributed by atoms with Crippen molar-refractivity contribution in [2.24, 2.45) is 0 Å². The second-order valence-corrected chi connectivity index (χ2v) is 10.3. The fourth-order valence-electron chi connectivity index (χ4n) is 3.70. The van der Waals surface area contributed by atoms with Crippen LogP contribution < -0.4 is 0 Å². The van der Waals surface area contributed by atoms with Crippen LogP contribution in [0.5, 0.6) is 0 Å². The van der Waals surface area contributed by atoms with Gasteiger partial charge in [-0.2, -0.15) is 0 Å². The Morgan fingerprint density at radius 3 is 1.00 bits per heavy atom. The first-order chi connectivity index (χ1) is 18.4. The minimum Gasteiger partial charge on any atom is -0.416 e. The lowest BCUT2D eigenvalue weighted by atomic mass is 10.1. The number of aryl methyl sites for hydroxylation is 4. The van der Waals surface area contributed by atoms with Crippen LogP contribution in [0, 0.1) is 27.7 Å². The summed E-state index contributed by atoms with van der Waals surface area (Å²) >= 11 is 1.63. The number of benzene rings is 4. The van der Waals surface area contributed by atoms with Gasteiger partial charge in [-0.05, 0) is 52.0 Å². The molecule has 0 spiro atoms. The average molecular weight is 533 g/mol. The van der Waals surface area contributed by atoms with E-state index in [0.29, 0.717) is 11.8 Å². The van der Waals surface area contributed by atoms with Crippen LogP contribution in [0.3, 0.4) is 0 Å². The van der Waals surface area contributed by atoms with Crippen molar-refractivity contribution in [3.63, 3.8) is 0 Å². The van der Waals surface area contributed by atoms with Gasteiger partial charge in [-0.3, -0.25) is 0 Å². The predicted octanol–water partition coefficient (Wildman–Crippen LogP) is 9.15. The number of hydrogen-bond donors (Lipinski definition) is 0. The maximum atomic E-state index is 5.71. The van der Waals surface area contributed by atoms with Crippen molar-refractivity contribution in [1.29, 1.82) is 0 Å². The van der Waals surface area contributed by atoms with Crippen molar-refractivity contribution in [3.8, 4) is 44.1 Å². The van der Waals surface area contributed by atoms with Crippen molar-refractivity contribution >= 4 is 11.3 Å². The minimum absolute atomic E-state index is 0. The second-order valence-electron chi connectivity index (χ2n) is 9.29. The van der Waals surface area contributed by atoms with Crippen LogP contribution in [0.15, 0.2) is 101 Å². The summed E-state index contributed by atoms with van der Waals surface area (Å²) in [6.45, 7) is 8.27. The molecule has 0 aliphatic rings. The van der Waals surface area contributed by atoms with E-state index >= 15 is 0 Å². The van der Waals surface area contributed by atoms with Crippen LogP contribution in [0.4, 0.5) is 0 Å². The SMILES string of the molecule is C.Cc1ccc(-c2nnc(-c3ccc(C)cc3)o2)cc1.Cc1ccc(-c2nnc(-c3ccc(C)cc3)s2)cc1. The fourth-order valence-corrected chi connectivity index (χ4v) is 4.55. The molecule has 0 amide bonds. The van der Waals surface area contributed by atoms with Gasteiger partial charge in [0.2, 0.25) is 11.8 Å². The summed E-state index contributed by atoms with van der Waals surface area (Å²) in [5.74, 6) is 1.10. The Morgan fingerprint density at radius 2 is 0.692 bits per heavy atom. The smallest absolute Gasteiger partial charge is 0.248 e. The summed E-state index contributed by atoms with van der Waals surface area (Å²) in [4.78, 5) is 0. The monoisotopic (exact) mass is 532 g/mol. The highest BCUT2D eigenvalue weighted by Crippen LogP contribution is 2.30. The van der Waals surface area contributed by atoms with Crippen LogP contribution in [0.2, 0.25) is 0 Å². The standard InChI is InChI=1S/C16H14N2O.C16H14N2S.CH4/c2*1-11-3-7-13(8-4-11)15-17-18-16(19-15)14-9-5-12(2)6-10-14;/h2*3-10H,1-2H3;1H4. The zero-order valence-corrected chi connectivity index (χ0v) is 22.7. The molecular formula is C33H32N4OS. The molecule has 2 heterocycles. The summed E-state index contributed by atoms with van der Waals surface area (Å²) in [6.07, 6.45) is 0. The molecule has 5 nitrogen and oxygen atoms in total. The van der Waals surface area contributed by atoms with Gasteiger partial charge in [0, 0.05) is 22.3 Å². The molecular weight excluding hydrogens is 500 g/mol. The van der Waals surface area contributed by atoms with Crippen molar-refractivity contribution < 1.29 is 4.42 Å². The van der Waals surface area contributed by atoms with Crippen LogP contribution >= 0.6 is 11.3 Å². The van der Waals surface area contributed by atoms with E-state index in [9.17, 15) is 0 Å². The Morgan fingerprint density at radius 1 is 0.410 bits per heavy atom. The second kappa shape index (κ2) is 12.4. The Balaban J connectivity index is 0.000000176. The number of nitrogens with zero attached hydrogens (tertiary/aromatic N) is 4. The number of rotatable bonds is 4. The van der Waals surface area contributed by atoms with Crippen LogP contribution in [0.1, 0.15) is 29.7 Å². The molecule has 6 aromatic rings. The predicted molar refractivity (Wildman–Crippen MR) is 162 cm³/mol. The molecule has 4 aromatic carbocycles. The van der Waals surface area contributed by atoms with Gasteiger partial charge in [-0.1, -0.05) is 114 Å². The molecule has 0 fully saturated rings. The van der Waals surface area contributed by atoms with Crippen molar-refractivity contribution in [2.45, 2.75) is 35.1 Å². The van der Waals surface area contributed by atoms with Crippen molar-refractivity contribution in [1.82, 2.24) is 20.4 Å². The molecule has 0 saturated heterocycles. The van der Waals surface area contributed by atoms with E-state index < -0.39 is 0 Å². The molecule has 2 aromatic heterocycles. The molecule has 196 valence electrons. The Hall–Kier alpha value is -4.42. The molecule has 0 radical (unpaired) electrons. The lowest BCUT2D eigenvalue weighted by Crippen LogP contribution is -1.78. The number of hydrogen-bond acceptors (Lipinski definition) is 6. The minimum atomic E-state index is 0. The van der Waals surface area contributed by atoms with E-state index in [1.165, 1.54) is 22.3 Å². The summed E-state index contributed by atoms with van der Waals surface area (Å²) in [7, 11) is 0. The molecule has 39 heavy (non-hydrogen) atoms. The lowest BCUT2D eigenvalue weighted by molar-refractivity contribution is 0.584. The van der Waals surface area contributed by atoms with Gasteiger partial charge in [0.05, 0.1) is 0 Å². The third kappa shape index (κ3) is 6.92. The Kier molecular flexibility index (Phi) is 8.79. The molecule has 0 aliphatic carbocycles. The average Bonchev–Trinajstić information content (AvgIpc) is 3.62. The lowest BCUT2D eigenvalue weighted by Gasteiger charge is -1.96. The topological polar surface area (TPSA) is 64.7 Å². The zero-order valence-electron chi connectivity index (χ0n) is 21.8. The third-order valence-electron chi connectivity index (χ3n) is 6.04. The molecule has 0 aliphatic heterocycles. The van der Waals surface area contributed by atoms with Gasteiger partial charge in [-0.15, -0.1) is 20.4 Å². The van der Waals surface area contributed by atoms with E-state index in [2.05, 4.69) is 96.6 Å². The van der Waals surface area contributed by atoms with E-state index in [1.54, 1.807) is 11.3 Å². The first-order valence-corrected chi connectivity index (χ1v) is 13.2. The van der Waals surface area contributed by atoms with Gasteiger partial charge in [-0.25, -0.2) is 0 Å². The van der Waals surface area contributed by atoms with Crippen molar-refractivity contribution in [3.05, 3.63) is 119 Å². The van der Waals surface area contributed by atoms with E-state index in [0.717, 1.165) is 32.3 Å². The first kappa shape index (κ1) is 27.6. The molecule has 6 rings (SSSR count). The molecule has 0 N–H and O–H groups in total. The summed E-state index contributed by atoms with van der Waals surface area (Å²) in [5, 5.41) is 18.7. The van der Waals surface area contributed by atoms with E-state index in [1.807, 2.05) is 48.5 Å². The van der Waals surface area contributed by atoms with Gasteiger partial charge in [0.25, 0.3) is 0 Å². The van der Waals surface area contributed by atoms with E-state index in [4.69, 9.17) is 4.42 Å². The highest BCUT2D eigenvalue weighted by Gasteiger charge is 2.10. The largest absolute Gasteiger partial charge is 0.416 e. The van der Waals surface area contributed by atoms with Gasteiger partial charge in [0.1, 0.15) is 10.0 Å². The zero-order chi connectivity index (χ0) is 26.5. The van der Waals surface area contributed by atoms with E-state index in [-0.39, 0.29) is 7.43 Å². The Labute approximate surface area is 234 Å². The number of aromatic nitrogens is 4. The van der Waals surface area contributed by atoms with Gasteiger partial charge < -0.3 is 4.42 Å². The molecule has 0 unspecified atom stereocenters. The normalized spacial score (nSPS) is 10.4. The highest BCUT2D eigenvalue weighted by atomic mass is 32.1. The van der Waals surface area contributed by atoms with Crippen molar-refractivity contribution in [2.75, 3.05) is 0 Å². The van der Waals surface area contributed by atoms with Crippen LogP contribution in [-0.2, 0) is 0 Å². The summed E-state index contributed by atoms with van der Waals surface area (Å²) < 4.78 is 5.71. The molecule has 0 bridgehead atoms. The third-order valence-corrected chi connectivity index (χ3v) is 7.07. The van der Waals surface area contributed by atoms with Gasteiger partial charge >= 0.3 is 0 Å². The molecule has 0 atom stereocenters. The maximum Gasteiger partial charge on any atom is 0.248 e. The molecule has 0 saturated carbocycles. The quantitative estimate of drug-likeness (QED) is 0.226. The summed E-state index contributed by atoms with van der Waals surface area (Å²) in [6, 6.07) is 32.8. The maximum absolute atomic E-state index is 5.71. The van der Waals surface area contributed by atoms with Crippen LogP contribution in [-0.4, -0.2) is 20.4 Å². The first-order valence-electron chi connectivity index (χ1n) is 12.4. The fraction of sp³-hybridized carbons (Fsp3) is 0.152. The Bertz CT molecular complexity index is 1370. The highest BCUT2D eigenvalue weighted by molar-refractivity contribution is 7.17. The van der Waals surface area contributed by atoms with Gasteiger partial charge in [0.15, 0.2) is 0 Å². The van der Waals surface area contributed by atoms with Crippen LogP contribution in [0.25, 0.3) is 44.1 Å². The molecule has 6 heteroatoms.